The normalized spacial score (nSPS) is 16.6. The highest BCUT2D eigenvalue weighted by molar-refractivity contribution is 6.01. The van der Waals surface area contributed by atoms with E-state index in [1.807, 2.05) is 0 Å². The van der Waals surface area contributed by atoms with E-state index in [0.29, 0.717) is 36.9 Å². The van der Waals surface area contributed by atoms with Gasteiger partial charge < -0.3 is 19.5 Å². The Bertz CT molecular complexity index is 850. The molecule has 0 saturated carbocycles. The van der Waals surface area contributed by atoms with Crippen molar-refractivity contribution >= 4 is 18.5 Å². The van der Waals surface area contributed by atoms with Crippen molar-refractivity contribution in [2.24, 2.45) is 0 Å². The predicted molar refractivity (Wildman–Crippen MR) is 96.5 cm³/mol. The molecule has 1 saturated heterocycles. The first-order chi connectivity index (χ1) is 13.2. The van der Waals surface area contributed by atoms with Crippen LogP contribution in [-0.4, -0.2) is 60.9 Å². The summed E-state index contributed by atoms with van der Waals surface area (Å²) in [5, 5.41) is 9.74. The van der Waals surface area contributed by atoms with Crippen molar-refractivity contribution in [3.8, 4) is 11.5 Å². The van der Waals surface area contributed by atoms with Gasteiger partial charge in [-0.1, -0.05) is 24.3 Å². The van der Waals surface area contributed by atoms with E-state index >= 15 is 0 Å². The van der Waals surface area contributed by atoms with Crippen LogP contribution < -0.4 is 4.74 Å². The summed E-state index contributed by atoms with van der Waals surface area (Å²) in [6.07, 6.45) is 1.17. The third kappa shape index (κ3) is 3.98. The zero-order valence-corrected chi connectivity index (χ0v) is 14.5. The van der Waals surface area contributed by atoms with Crippen molar-refractivity contribution in [1.82, 2.24) is 4.90 Å². The predicted octanol–water partition coefficient (Wildman–Crippen LogP) is 1.94. The summed E-state index contributed by atoms with van der Waals surface area (Å²) in [6, 6.07) is 10.7. The number of amides is 1. The zero-order chi connectivity index (χ0) is 19.2. The fourth-order valence-electron chi connectivity index (χ4n) is 2.97. The average Bonchev–Trinajstić information content (AvgIpc) is 2.72. The van der Waals surface area contributed by atoms with Gasteiger partial charge in [-0.3, -0.25) is 14.4 Å². The maximum atomic E-state index is 12.9. The van der Waals surface area contributed by atoms with Gasteiger partial charge >= 0.3 is 0 Å². The molecule has 3 rings (SSSR count). The molecule has 0 radical (unpaired) electrons. The molecule has 140 valence electrons. The lowest BCUT2D eigenvalue weighted by atomic mass is 10.1. The highest BCUT2D eigenvalue weighted by atomic mass is 16.5. The monoisotopic (exact) mass is 369 g/mol. The quantitative estimate of drug-likeness (QED) is 0.782. The summed E-state index contributed by atoms with van der Waals surface area (Å²) in [5.41, 5.74) is 0.702. The number of aldehydes is 2. The molecule has 0 aliphatic carbocycles. The number of carbonyl (C=O) groups is 3. The number of ether oxygens (including phenoxy) is 2. The van der Waals surface area contributed by atoms with E-state index in [-0.39, 0.29) is 36.2 Å². The number of hydrogen-bond acceptors (Lipinski definition) is 6. The summed E-state index contributed by atoms with van der Waals surface area (Å²) < 4.78 is 11.1. The first-order valence-electron chi connectivity index (χ1n) is 8.48. The molecule has 2 aromatic rings. The fraction of sp³-hybridized carbons (Fsp3) is 0.250. The molecule has 1 aliphatic rings. The van der Waals surface area contributed by atoms with Crippen LogP contribution in [0.2, 0.25) is 0 Å². The molecule has 1 aliphatic heterocycles. The molecule has 1 amide bonds. The fourth-order valence-corrected chi connectivity index (χ4v) is 2.97. The minimum Gasteiger partial charge on any atom is -0.507 e. The third-order valence-corrected chi connectivity index (χ3v) is 4.40. The first-order valence-corrected chi connectivity index (χ1v) is 8.48. The van der Waals surface area contributed by atoms with E-state index < -0.39 is 6.04 Å². The van der Waals surface area contributed by atoms with Crippen LogP contribution in [0.25, 0.3) is 0 Å². The Balaban J connectivity index is 1.78. The van der Waals surface area contributed by atoms with Gasteiger partial charge in [-0.2, -0.15) is 0 Å². The molecule has 7 heteroatoms. The summed E-state index contributed by atoms with van der Waals surface area (Å²) in [7, 11) is 0. The van der Waals surface area contributed by atoms with Gasteiger partial charge in [0.05, 0.1) is 30.4 Å². The number of hydrogen-bond donors (Lipinski definition) is 1. The van der Waals surface area contributed by atoms with Gasteiger partial charge in [-0.15, -0.1) is 0 Å². The van der Waals surface area contributed by atoms with Crippen LogP contribution in [-0.2, 0) is 4.74 Å². The van der Waals surface area contributed by atoms with Crippen molar-refractivity contribution in [2.75, 3.05) is 26.4 Å². The van der Waals surface area contributed by atoms with E-state index in [0.717, 1.165) is 0 Å². The lowest BCUT2D eigenvalue weighted by Gasteiger charge is -2.35. The summed E-state index contributed by atoms with van der Waals surface area (Å²) in [5.74, 6) is -0.215. The van der Waals surface area contributed by atoms with Gasteiger partial charge in [0.15, 0.2) is 12.6 Å². The second-order valence-electron chi connectivity index (χ2n) is 6.05. The van der Waals surface area contributed by atoms with E-state index in [2.05, 4.69) is 0 Å². The Morgan fingerprint density at radius 2 is 2.00 bits per heavy atom. The third-order valence-electron chi connectivity index (χ3n) is 4.40. The smallest absolute Gasteiger partial charge is 0.255 e. The van der Waals surface area contributed by atoms with Gasteiger partial charge in [0.2, 0.25) is 0 Å². The van der Waals surface area contributed by atoms with Gasteiger partial charge in [0.25, 0.3) is 5.91 Å². The molecule has 27 heavy (non-hydrogen) atoms. The minimum absolute atomic E-state index is 0.0541. The second-order valence-corrected chi connectivity index (χ2v) is 6.05. The Morgan fingerprint density at radius 1 is 1.19 bits per heavy atom. The van der Waals surface area contributed by atoms with E-state index in [1.165, 1.54) is 6.07 Å². The molecule has 7 nitrogen and oxygen atoms in total. The molecule has 1 heterocycles. The number of rotatable bonds is 6. The maximum absolute atomic E-state index is 12.9. The van der Waals surface area contributed by atoms with Gasteiger partial charge in [0.1, 0.15) is 18.1 Å². The minimum atomic E-state index is -0.396. The van der Waals surface area contributed by atoms with Crippen molar-refractivity contribution in [3.05, 3.63) is 59.2 Å². The van der Waals surface area contributed by atoms with Gasteiger partial charge in [-0.25, -0.2) is 0 Å². The summed E-state index contributed by atoms with van der Waals surface area (Å²) in [6.45, 7) is 1.10. The number of morpholine rings is 1. The molecule has 0 aromatic heterocycles. The average molecular weight is 369 g/mol. The summed E-state index contributed by atoms with van der Waals surface area (Å²) >= 11 is 0. The highest BCUT2D eigenvalue weighted by Gasteiger charge is 2.30. The lowest BCUT2D eigenvalue weighted by molar-refractivity contribution is -0.0151. The molecule has 1 atom stereocenters. The van der Waals surface area contributed by atoms with Crippen LogP contribution in [0.5, 0.6) is 11.5 Å². The van der Waals surface area contributed by atoms with Crippen LogP contribution in [0, 0.1) is 0 Å². The number of phenols is 1. The van der Waals surface area contributed by atoms with Gasteiger partial charge in [0, 0.05) is 12.1 Å². The number of phenolic OH excluding ortho intramolecular Hbond substituents is 1. The van der Waals surface area contributed by atoms with E-state index in [1.54, 1.807) is 41.3 Å². The molecule has 0 bridgehead atoms. The second kappa shape index (κ2) is 8.46. The number of benzene rings is 2. The van der Waals surface area contributed by atoms with E-state index in [9.17, 15) is 19.5 Å². The molecular weight excluding hydrogens is 350 g/mol. The van der Waals surface area contributed by atoms with Crippen LogP contribution >= 0.6 is 0 Å². The number of nitrogens with zero attached hydrogens (tertiary/aromatic N) is 1. The molecule has 2 aromatic carbocycles. The molecule has 0 spiro atoms. The van der Waals surface area contributed by atoms with Gasteiger partial charge in [-0.05, 0) is 18.2 Å². The molecule has 1 fully saturated rings. The highest BCUT2D eigenvalue weighted by Crippen LogP contribution is 2.26. The Hall–Kier alpha value is -3.19. The Labute approximate surface area is 156 Å². The zero-order valence-electron chi connectivity index (χ0n) is 14.5. The number of carbonyl (C=O) groups excluding carboxylic acids is 3. The summed E-state index contributed by atoms with van der Waals surface area (Å²) in [4.78, 5) is 36.9. The molecular formula is C20H19NO6. The van der Waals surface area contributed by atoms with Crippen LogP contribution in [0.15, 0.2) is 42.5 Å². The SMILES string of the molecule is O=Cc1ccccc1C(=O)N1CCOC[C@H]1COc1cccc(O)c1C=O. The Morgan fingerprint density at radius 3 is 2.78 bits per heavy atom. The van der Waals surface area contributed by atoms with E-state index in [4.69, 9.17) is 9.47 Å². The Kier molecular flexibility index (Phi) is 5.83. The van der Waals surface area contributed by atoms with Crippen LogP contribution in [0.4, 0.5) is 0 Å². The molecule has 1 N–H and O–H groups in total. The van der Waals surface area contributed by atoms with Crippen molar-refractivity contribution in [3.63, 3.8) is 0 Å². The standard InChI is InChI=1S/C20H19NO6/c22-10-14-4-1-2-5-16(14)20(25)21-8-9-26-12-15(21)13-27-19-7-3-6-18(24)17(19)11-23/h1-7,10-11,15,24H,8-9,12-13H2/t15-/m0/s1. The van der Waals surface area contributed by atoms with Crippen molar-refractivity contribution in [1.29, 1.82) is 0 Å². The number of aromatic hydroxyl groups is 1. The van der Waals surface area contributed by atoms with Crippen molar-refractivity contribution < 1.29 is 29.0 Å². The molecule has 0 unspecified atom stereocenters. The maximum Gasteiger partial charge on any atom is 0.255 e. The van der Waals surface area contributed by atoms with Crippen molar-refractivity contribution in [2.45, 2.75) is 6.04 Å². The first kappa shape index (κ1) is 18.6. The van der Waals surface area contributed by atoms with Crippen LogP contribution in [0.3, 0.4) is 0 Å². The lowest BCUT2D eigenvalue weighted by Crippen LogP contribution is -2.51. The largest absolute Gasteiger partial charge is 0.507 e. The van der Waals surface area contributed by atoms with Crippen LogP contribution in [0.1, 0.15) is 31.1 Å². The topological polar surface area (TPSA) is 93.1 Å².